The number of ether oxygens (including phenoxy) is 1. The highest BCUT2D eigenvalue weighted by molar-refractivity contribution is 7.10. The van der Waals surface area contributed by atoms with Crippen LogP contribution in [0, 0.1) is 6.92 Å². The highest BCUT2D eigenvalue weighted by atomic mass is 35.5. The second-order valence-electron chi connectivity index (χ2n) is 3.10. The number of aromatic nitrogens is 2. The van der Waals surface area contributed by atoms with Gasteiger partial charge in [-0.25, -0.2) is 0 Å². The van der Waals surface area contributed by atoms with Gasteiger partial charge in [0.2, 0.25) is 0 Å². The molecule has 5 heteroatoms. The van der Waals surface area contributed by atoms with Crippen LogP contribution < -0.4 is 4.74 Å². The van der Waals surface area contributed by atoms with Gasteiger partial charge in [-0.2, -0.15) is 0 Å². The fourth-order valence-corrected chi connectivity index (χ4v) is 1.67. The average Bonchev–Trinajstić information content (AvgIpc) is 2.63. The Balaban J connectivity index is 1.99. The average molecular weight is 241 g/mol. The third-order valence-corrected chi connectivity index (χ3v) is 2.89. The van der Waals surface area contributed by atoms with E-state index in [1.165, 1.54) is 17.1 Å². The van der Waals surface area contributed by atoms with E-state index < -0.39 is 0 Å². The van der Waals surface area contributed by atoms with Crippen molar-refractivity contribution in [3.05, 3.63) is 39.9 Å². The minimum Gasteiger partial charge on any atom is -0.487 e. The molecule has 0 radical (unpaired) electrons. The summed E-state index contributed by atoms with van der Waals surface area (Å²) in [6.45, 7) is 2.39. The Morgan fingerprint density at radius 3 is 2.67 bits per heavy atom. The summed E-state index contributed by atoms with van der Waals surface area (Å²) in [5.74, 6) is 0.810. The van der Waals surface area contributed by atoms with E-state index in [2.05, 4.69) is 9.59 Å². The zero-order chi connectivity index (χ0) is 10.7. The van der Waals surface area contributed by atoms with Crippen molar-refractivity contribution < 1.29 is 4.74 Å². The van der Waals surface area contributed by atoms with Crippen LogP contribution >= 0.6 is 23.1 Å². The van der Waals surface area contributed by atoms with Crippen molar-refractivity contribution in [2.45, 2.75) is 13.5 Å². The molecule has 0 fully saturated rings. The lowest BCUT2D eigenvalue weighted by molar-refractivity contribution is 0.301. The first-order chi connectivity index (χ1) is 7.25. The molecule has 0 unspecified atom stereocenters. The van der Waals surface area contributed by atoms with Crippen molar-refractivity contribution in [1.29, 1.82) is 0 Å². The van der Waals surface area contributed by atoms with Crippen molar-refractivity contribution >= 4 is 23.1 Å². The van der Waals surface area contributed by atoms with Crippen LogP contribution in [0.15, 0.2) is 24.3 Å². The Kier molecular flexibility index (Phi) is 3.18. The van der Waals surface area contributed by atoms with E-state index in [1.807, 2.05) is 31.2 Å². The Labute approximate surface area is 96.8 Å². The van der Waals surface area contributed by atoms with Gasteiger partial charge in [-0.15, -0.1) is 5.10 Å². The lowest BCUT2D eigenvalue weighted by Gasteiger charge is -2.03. The van der Waals surface area contributed by atoms with Gasteiger partial charge < -0.3 is 4.74 Å². The van der Waals surface area contributed by atoms with Crippen LogP contribution in [0.1, 0.15) is 11.3 Å². The quantitative estimate of drug-likeness (QED) is 0.827. The van der Waals surface area contributed by atoms with Crippen molar-refractivity contribution in [3.8, 4) is 5.75 Å². The largest absolute Gasteiger partial charge is 0.487 e. The molecular formula is C10H9ClN2OS. The van der Waals surface area contributed by atoms with Crippen molar-refractivity contribution in [2.24, 2.45) is 0 Å². The zero-order valence-corrected chi connectivity index (χ0v) is 9.68. The van der Waals surface area contributed by atoms with Gasteiger partial charge in [0.25, 0.3) is 0 Å². The SMILES string of the molecule is Cc1ccc(OCc2nnsc2Cl)cc1. The van der Waals surface area contributed by atoms with Gasteiger partial charge in [-0.1, -0.05) is 33.8 Å². The molecule has 2 aromatic rings. The highest BCUT2D eigenvalue weighted by Crippen LogP contribution is 2.19. The number of nitrogens with zero attached hydrogens (tertiary/aromatic N) is 2. The molecule has 1 aromatic heterocycles. The van der Waals surface area contributed by atoms with Crippen molar-refractivity contribution in [1.82, 2.24) is 9.59 Å². The first-order valence-electron chi connectivity index (χ1n) is 4.42. The summed E-state index contributed by atoms with van der Waals surface area (Å²) in [5, 5.41) is 3.86. The van der Waals surface area contributed by atoms with Crippen molar-refractivity contribution in [3.63, 3.8) is 0 Å². The molecule has 0 aliphatic rings. The van der Waals surface area contributed by atoms with Crippen LogP contribution in [0.4, 0.5) is 0 Å². The van der Waals surface area contributed by atoms with E-state index in [9.17, 15) is 0 Å². The molecule has 78 valence electrons. The molecular weight excluding hydrogens is 232 g/mol. The van der Waals surface area contributed by atoms with Gasteiger partial charge in [0, 0.05) is 11.5 Å². The maximum Gasteiger partial charge on any atom is 0.141 e. The summed E-state index contributed by atoms with van der Waals surface area (Å²) < 4.78 is 9.82. The second-order valence-corrected chi connectivity index (χ2v) is 4.45. The summed E-state index contributed by atoms with van der Waals surface area (Å²) in [6.07, 6.45) is 0. The smallest absolute Gasteiger partial charge is 0.141 e. The van der Waals surface area contributed by atoms with Gasteiger partial charge >= 0.3 is 0 Å². The molecule has 0 amide bonds. The summed E-state index contributed by atoms with van der Waals surface area (Å²) in [7, 11) is 0. The Bertz CT molecular complexity index is 441. The molecule has 2 rings (SSSR count). The topological polar surface area (TPSA) is 35.0 Å². The van der Waals surface area contributed by atoms with Gasteiger partial charge in [0.05, 0.1) is 0 Å². The summed E-state index contributed by atoms with van der Waals surface area (Å²) >= 11 is 7.01. The molecule has 1 heterocycles. The summed E-state index contributed by atoms with van der Waals surface area (Å²) in [4.78, 5) is 0. The second kappa shape index (κ2) is 4.59. The molecule has 0 N–H and O–H groups in total. The molecule has 0 aliphatic carbocycles. The molecule has 0 saturated carbocycles. The molecule has 0 bridgehead atoms. The van der Waals surface area contributed by atoms with Crippen LogP contribution in [0.5, 0.6) is 5.75 Å². The number of hydrogen-bond donors (Lipinski definition) is 0. The van der Waals surface area contributed by atoms with Crippen LogP contribution in [-0.2, 0) is 6.61 Å². The lowest BCUT2D eigenvalue weighted by Crippen LogP contribution is -1.96. The fraction of sp³-hybridized carbons (Fsp3) is 0.200. The minimum absolute atomic E-state index is 0.360. The van der Waals surface area contributed by atoms with Gasteiger partial charge in [-0.05, 0) is 19.1 Å². The number of halogens is 1. The van der Waals surface area contributed by atoms with Gasteiger partial charge in [0.15, 0.2) is 0 Å². The minimum atomic E-state index is 0.360. The van der Waals surface area contributed by atoms with Gasteiger partial charge in [0.1, 0.15) is 22.4 Å². The molecule has 15 heavy (non-hydrogen) atoms. The number of rotatable bonds is 3. The first kappa shape index (κ1) is 10.4. The number of aryl methyl sites for hydroxylation is 1. The predicted molar refractivity (Wildman–Crippen MR) is 60.4 cm³/mol. The van der Waals surface area contributed by atoms with Gasteiger partial charge in [-0.3, -0.25) is 0 Å². The molecule has 3 nitrogen and oxygen atoms in total. The van der Waals surface area contributed by atoms with E-state index in [0.717, 1.165) is 5.75 Å². The normalized spacial score (nSPS) is 10.3. The van der Waals surface area contributed by atoms with E-state index >= 15 is 0 Å². The Hall–Kier alpha value is -1.13. The molecule has 0 atom stereocenters. The van der Waals surface area contributed by atoms with Crippen LogP contribution in [0.25, 0.3) is 0 Å². The third kappa shape index (κ3) is 2.67. The highest BCUT2D eigenvalue weighted by Gasteiger charge is 2.05. The maximum atomic E-state index is 5.84. The maximum absolute atomic E-state index is 5.84. The predicted octanol–water partition coefficient (Wildman–Crippen LogP) is 3.08. The van der Waals surface area contributed by atoms with E-state index in [0.29, 0.717) is 16.6 Å². The van der Waals surface area contributed by atoms with Crippen LogP contribution in [-0.4, -0.2) is 9.59 Å². The van der Waals surface area contributed by atoms with E-state index in [1.54, 1.807) is 0 Å². The van der Waals surface area contributed by atoms with Crippen molar-refractivity contribution in [2.75, 3.05) is 0 Å². The molecule has 1 aromatic carbocycles. The standard InChI is InChI=1S/C10H9ClN2OS/c1-7-2-4-8(5-3-7)14-6-9-10(11)15-13-12-9/h2-5H,6H2,1H3. The first-order valence-corrected chi connectivity index (χ1v) is 5.57. The van der Waals surface area contributed by atoms with Crippen LogP contribution in [0.3, 0.4) is 0 Å². The zero-order valence-electron chi connectivity index (χ0n) is 8.11. The summed E-state index contributed by atoms with van der Waals surface area (Å²) in [6, 6.07) is 7.83. The van der Waals surface area contributed by atoms with E-state index in [-0.39, 0.29) is 0 Å². The molecule has 0 spiro atoms. The number of benzene rings is 1. The Morgan fingerprint density at radius 1 is 1.33 bits per heavy atom. The summed E-state index contributed by atoms with van der Waals surface area (Å²) in [5.41, 5.74) is 1.89. The molecule has 0 aliphatic heterocycles. The van der Waals surface area contributed by atoms with E-state index in [4.69, 9.17) is 16.3 Å². The lowest BCUT2D eigenvalue weighted by atomic mass is 10.2. The molecule has 0 saturated heterocycles. The monoisotopic (exact) mass is 240 g/mol. The van der Waals surface area contributed by atoms with Crippen LogP contribution in [0.2, 0.25) is 4.34 Å². The number of hydrogen-bond acceptors (Lipinski definition) is 4. The Morgan fingerprint density at radius 2 is 2.07 bits per heavy atom. The third-order valence-electron chi connectivity index (χ3n) is 1.91. The fourth-order valence-electron chi connectivity index (χ4n) is 1.07.